The van der Waals surface area contributed by atoms with Crippen LogP contribution in [0, 0.1) is 0 Å². The Morgan fingerprint density at radius 3 is 2.11 bits per heavy atom. The maximum Gasteiger partial charge on any atom is 0.407 e. The van der Waals surface area contributed by atoms with E-state index in [1.807, 2.05) is 42.5 Å². The molecule has 37 heavy (non-hydrogen) atoms. The molecular formula is C31H35NO4Si. The van der Waals surface area contributed by atoms with Gasteiger partial charge in [-0.05, 0) is 40.8 Å². The Morgan fingerprint density at radius 2 is 1.54 bits per heavy atom. The first-order valence-corrected chi connectivity index (χ1v) is 16.0. The van der Waals surface area contributed by atoms with E-state index in [-0.39, 0.29) is 19.1 Å². The summed E-state index contributed by atoms with van der Waals surface area (Å²) >= 11 is 0. The number of hydrogen-bond donors (Lipinski definition) is 1. The molecule has 1 N–H and O–H groups in total. The summed E-state index contributed by atoms with van der Waals surface area (Å²) in [6.45, 7) is 10.7. The van der Waals surface area contributed by atoms with Crippen molar-refractivity contribution < 1.29 is 19.1 Å². The molecule has 4 rings (SSSR count). The number of rotatable bonds is 10. The molecule has 0 aromatic heterocycles. The fourth-order valence-electron chi connectivity index (χ4n) is 5.02. The second-order valence-electron chi connectivity index (χ2n) is 10.1. The van der Waals surface area contributed by atoms with E-state index in [9.17, 15) is 9.59 Å². The zero-order valence-corrected chi connectivity index (χ0v) is 22.8. The highest BCUT2D eigenvalue weighted by Crippen LogP contribution is 2.44. The molecule has 0 radical (unpaired) electrons. The molecule has 6 heteroatoms. The molecule has 0 bridgehead atoms. The van der Waals surface area contributed by atoms with Gasteiger partial charge in [0.05, 0.1) is 14.7 Å². The highest BCUT2D eigenvalue weighted by molar-refractivity contribution is 6.90. The van der Waals surface area contributed by atoms with Gasteiger partial charge in [-0.1, -0.05) is 97.2 Å². The predicted octanol–water partition coefficient (Wildman–Crippen LogP) is 5.80. The zero-order valence-electron chi connectivity index (χ0n) is 21.8. The molecule has 0 heterocycles. The number of carbonyl (C=O) groups excluding carboxylic acids is 2. The largest absolute Gasteiger partial charge is 0.464 e. The van der Waals surface area contributed by atoms with Crippen molar-refractivity contribution in [2.24, 2.45) is 0 Å². The third-order valence-electron chi connectivity index (χ3n) is 7.04. The molecular weight excluding hydrogens is 478 g/mol. The number of amides is 1. The van der Waals surface area contributed by atoms with E-state index >= 15 is 0 Å². The lowest BCUT2D eigenvalue weighted by Crippen LogP contribution is -2.44. The van der Waals surface area contributed by atoms with Crippen LogP contribution < -0.4 is 10.5 Å². The van der Waals surface area contributed by atoms with Crippen LogP contribution in [0.25, 0.3) is 11.1 Å². The number of hydrogen-bond acceptors (Lipinski definition) is 4. The number of nitrogens with one attached hydrogen (secondary N) is 1. The summed E-state index contributed by atoms with van der Waals surface area (Å²) in [6, 6.07) is 24.8. The average molecular weight is 514 g/mol. The lowest BCUT2D eigenvalue weighted by Gasteiger charge is -2.22. The van der Waals surface area contributed by atoms with Gasteiger partial charge >= 0.3 is 12.1 Å². The lowest BCUT2D eigenvalue weighted by atomic mass is 9.98. The number of alkyl carbamates (subject to hydrolysis) is 1. The van der Waals surface area contributed by atoms with Crippen LogP contribution in [0.15, 0.2) is 85.5 Å². The van der Waals surface area contributed by atoms with Gasteiger partial charge in [0.2, 0.25) is 0 Å². The summed E-state index contributed by atoms with van der Waals surface area (Å²) in [5, 5.41) is 4.07. The number of esters is 1. The minimum absolute atomic E-state index is 0.0465. The topological polar surface area (TPSA) is 64.6 Å². The lowest BCUT2D eigenvalue weighted by molar-refractivity contribution is -0.145. The average Bonchev–Trinajstić information content (AvgIpc) is 3.21. The molecule has 0 fully saturated rings. The maximum atomic E-state index is 12.8. The van der Waals surface area contributed by atoms with Crippen molar-refractivity contribution in [2.45, 2.75) is 44.4 Å². The van der Waals surface area contributed by atoms with E-state index in [2.05, 4.69) is 61.4 Å². The van der Waals surface area contributed by atoms with E-state index in [1.54, 1.807) is 6.92 Å². The highest BCUT2D eigenvalue weighted by Gasteiger charge is 2.30. The van der Waals surface area contributed by atoms with E-state index in [4.69, 9.17) is 9.47 Å². The number of allylic oxidation sites excluding steroid dienone is 1. The molecule has 1 atom stereocenters. The first-order valence-electron chi connectivity index (χ1n) is 12.8. The van der Waals surface area contributed by atoms with Crippen molar-refractivity contribution >= 4 is 25.3 Å². The van der Waals surface area contributed by atoms with Crippen LogP contribution in [0.4, 0.5) is 4.79 Å². The minimum atomic E-state index is -1.58. The SMILES string of the molecule is C=CC[Si](C)(C)c1ccc(CC(NC(=O)OCC2c3ccccc3-c3ccccc32)C(=O)OCC)cc1. The molecule has 192 valence electrons. The van der Waals surface area contributed by atoms with Crippen LogP contribution in [0.2, 0.25) is 19.1 Å². The Labute approximate surface area is 220 Å². The quantitative estimate of drug-likeness (QED) is 0.211. The second-order valence-corrected chi connectivity index (χ2v) is 14.8. The monoisotopic (exact) mass is 513 g/mol. The molecule has 1 aliphatic rings. The highest BCUT2D eigenvalue weighted by atomic mass is 28.3. The number of carbonyl (C=O) groups is 2. The summed E-state index contributed by atoms with van der Waals surface area (Å²) in [5.41, 5.74) is 5.56. The van der Waals surface area contributed by atoms with Crippen molar-refractivity contribution in [1.29, 1.82) is 0 Å². The number of fused-ring (bicyclic) bond motifs is 3. The van der Waals surface area contributed by atoms with Gasteiger partial charge in [-0.3, -0.25) is 0 Å². The summed E-state index contributed by atoms with van der Waals surface area (Å²) in [6.07, 6.45) is 1.68. The van der Waals surface area contributed by atoms with Gasteiger partial charge < -0.3 is 14.8 Å². The van der Waals surface area contributed by atoms with Crippen LogP contribution in [-0.2, 0) is 20.7 Å². The Morgan fingerprint density at radius 1 is 0.946 bits per heavy atom. The van der Waals surface area contributed by atoms with E-state index in [1.165, 1.54) is 16.3 Å². The summed E-state index contributed by atoms with van der Waals surface area (Å²) in [4.78, 5) is 25.5. The normalized spacial score (nSPS) is 13.3. The predicted molar refractivity (Wildman–Crippen MR) is 151 cm³/mol. The molecule has 0 spiro atoms. The fourth-order valence-corrected chi connectivity index (χ4v) is 7.05. The van der Waals surface area contributed by atoms with Crippen molar-refractivity contribution in [3.8, 4) is 11.1 Å². The smallest absolute Gasteiger partial charge is 0.407 e. The van der Waals surface area contributed by atoms with Crippen molar-refractivity contribution in [2.75, 3.05) is 13.2 Å². The van der Waals surface area contributed by atoms with E-state index in [0.29, 0.717) is 6.42 Å². The van der Waals surface area contributed by atoms with Gasteiger partial charge in [-0.15, -0.1) is 6.58 Å². The van der Waals surface area contributed by atoms with Gasteiger partial charge in [0.1, 0.15) is 12.6 Å². The third-order valence-corrected chi connectivity index (χ3v) is 10.2. The molecule has 1 aliphatic carbocycles. The van der Waals surface area contributed by atoms with Crippen LogP contribution in [0.1, 0.15) is 29.5 Å². The third kappa shape index (κ3) is 6.02. The number of ether oxygens (including phenoxy) is 2. The van der Waals surface area contributed by atoms with E-state index in [0.717, 1.165) is 22.7 Å². The van der Waals surface area contributed by atoms with Crippen LogP contribution in [-0.4, -0.2) is 39.4 Å². The Hall–Kier alpha value is -3.64. The van der Waals surface area contributed by atoms with Gasteiger partial charge in [-0.2, -0.15) is 0 Å². The standard InChI is InChI=1S/C31H35NO4Si/c1-5-19-37(3,4)23-17-15-22(16-18-23)20-29(30(33)35-6-2)32-31(34)36-21-28-26-13-9-7-11-24(26)25-12-8-10-14-27(25)28/h5,7-18,28-29H,1,6,19-21H2,2-4H3,(H,32,34). The summed E-state index contributed by atoms with van der Waals surface area (Å²) in [7, 11) is -1.58. The Kier molecular flexibility index (Phi) is 8.29. The molecule has 0 aliphatic heterocycles. The molecule has 1 amide bonds. The zero-order chi connectivity index (χ0) is 26.4. The summed E-state index contributed by atoms with van der Waals surface area (Å²) < 4.78 is 10.9. The van der Waals surface area contributed by atoms with Gasteiger partial charge in [0.15, 0.2) is 0 Å². The molecule has 1 unspecified atom stereocenters. The van der Waals surface area contributed by atoms with Gasteiger partial charge in [-0.25, -0.2) is 9.59 Å². The minimum Gasteiger partial charge on any atom is -0.464 e. The Bertz CT molecular complexity index is 1220. The molecule has 3 aromatic carbocycles. The molecule has 0 saturated carbocycles. The van der Waals surface area contributed by atoms with Crippen molar-refractivity contribution in [3.63, 3.8) is 0 Å². The molecule has 3 aromatic rings. The first kappa shape index (κ1) is 26.4. The molecule has 5 nitrogen and oxygen atoms in total. The Balaban J connectivity index is 1.43. The second kappa shape index (κ2) is 11.6. The van der Waals surface area contributed by atoms with Crippen LogP contribution in [0.3, 0.4) is 0 Å². The van der Waals surface area contributed by atoms with Crippen LogP contribution in [0.5, 0.6) is 0 Å². The fraction of sp³-hybridized carbons (Fsp3) is 0.290. The number of benzene rings is 3. The van der Waals surface area contributed by atoms with Gasteiger partial charge in [0, 0.05) is 12.3 Å². The summed E-state index contributed by atoms with van der Waals surface area (Å²) in [5.74, 6) is -0.517. The van der Waals surface area contributed by atoms with E-state index < -0.39 is 26.2 Å². The van der Waals surface area contributed by atoms with Crippen LogP contribution >= 0.6 is 0 Å². The van der Waals surface area contributed by atoms with Crippen molar-refractivity contribution in [3.05, 3.63) is 102 Å². The van der Waals surface area contributed by atoms with Gasteiger partial charge in [0.25, 0.3) is 0 Å². The first-order chi connectivity index (χ1) is 17.8. The van der Waals surface area contributed by atoms with Crippen molar-refractivity contribution in [1.82, 2.24) is 5.32 Å². The molecule has 0 saturated heterocycles. The maximum absolute atomic E-state index is 12.8.